The van der Waals surface area contributed by atoms with Gasteiger partial charge in [0.15, 0.2) is 0 Å². The van der Waals surface area contributed by atoms with Crippen LogP contribution in [0.15, 0.2) is 53.4 Å². The summed E-state index contributed by atoms with van der Waals surface area (Å²) in [6, 6.07) is 14.1. The van der Waals surface area contributed by atoms with Gasteiger partial charge in [-0.05, 0) is 56.3 Å². The van der Waals surface area contributed by atoms with Gasteiger partial charge in [0.05, 0.1) is 25.2 Å². The summed E-state index contributed by atoms with van der Waals surface area (Å²) < 4.78 is 38.8. The van der Waals surface area contributed by atoms with Crippen molar-refractivity contribution in [3.63, 3.8) is 0 Å². The Kier molecular flexibility index (Phi) is 6.36. The zero-order valence-electron chi connectivity index (χ0n) is 15.7. The maximum atomic E-state index is 12.7. The molecule has 0 radical (unpaired) electrons. The number of sulfonamides is 1. The summed E-state index contributed by atoms with van der Waals surface area (Å²) in [7, 11) is -0.419. The zero-order chi connectivity index (χ0) is 19.3. The minimum absolute atomic E-state index is 0.0725. The molecule has 27 heavy (non-hydrogen) atoms. The van der Waals surface area contributed by atoms with Crippen molar-refractivity contribution >= 4 is 10.0 Å². The number of nitrogens with zero attached hydrogens (tertiary/aromatic N) is 1. The van der Waals surface area contributed by atoms with Gasteiger partial charge in [0, 0.05) is 12.1 Å². The lowest BCUT2D eigenvalue weighted by Crippen LogP contribution is -2.37. The molecule has 1 saturated heterocycles. The van der Waals surface area contributed by atoms with Crippen LogP contribution in [-0.4, -0.2) is 47.2 Å². The summed E-state index contributed by atoms with van der Waals surface area (Å²) >= 11 is 0. The van der Waals surface area contributed by atoms with E-state index < -0.39 is 10.0 Å². The molecule has 0 saturated carbocycles. The van der Waals surface area contributed by atoms with E-state index in [0.717, 1.165) is 37.2 Å². The highest BCUT2D eigenvalue weighted by Gasteiger charge is 2.27. The molecule has 1 fully saturated rings. The van der Waals surface area contributed by atoms with Gasteiger partial charge in [0.25, 0.3) is 0 Å². The number of para-hydroxylation sites is 1. The maximum Gasteiger partial charge on any atom is 0.240 e. The van der Waals surface area contributed by atoms with Crippen molar-refractivity contribution in [3.05, 3.63) is 54.1 Å². The highest BCUT2D eigenvalue weighted by molar-refractivity contribution is 7.89. The number of hydrogen-bond acceptors (Lipinski definition) is 5. The Labute approximate surface area is 161 Å². The molecule has 0 aliphatic carbocycles. The summed E-state index contributed by atoms with van der Waals surface area (Å²) in [6.07, 6.45) is 2.24. The van der Waals surface area contributed by atoms with Crippen LogP contribution in [0.2, 0.25) is 0 Å². The van der Waals surface area contributed by atoms with Crippen molar-refractivity contribution in [2.24, 2.45) is 0 Å². The van der Waals surface area contributed by atoms with E-state index in [1.807, 2.05) is 24.3 Å². The lowest BCUT2D eigenvalue weighted by atomic mass is 10.0. The van der Waals surface area contributed by atoms with Crippen molar-refractivity contribution in [1.82, 2.24) is 9.62 Å². The number of likely N-dealkylation sites (tertiary alicyclic amines) is 1. The molecule has 7 heteroatoms. The number of nitrogens with one attached hydrogen (secondary N) is 1. The summed E-state index contributed by atoms with van der Waals surface area (Å²) in [5.41, 5.74) is 0.999. The van der Waals surface area contributed by atoms with E-state index in [2.05, 4.69) is 9.62 Å². The normalized spacial score (nSPS) is 16.2. The average molecular weight is 391 g/mol. The Morgan fingerprint density at radius 1 is 1.00 bits per heavy atom. The van der Waals surface area contributed by atoms with Gasteiger partial charge in [0.2, 0.25) is 10.0 Å². The van der Waals surface area contributed by atoms with Gasteiger partial charge in [0.1, 0.15) is 11.5 Å². The van der Waals surface area contributed by atoms with Gasteiger partial charge < -0.3 is 9.47 Å². The highest BCUT2D eigenvalue weighted by atomic mass is 32.2. The SMILES string of the molecule is COc1ccc(S(=O)(=O)NC[C@H](c2ccccc2OC)N2CCCC2)cc1. The molecule has 2 aromatic carbocycles. The van der Waals surface area contributed by atoms with Crippen molar-refractivity contribution in [1.29, 1.82) is 0 Å². The van der Waals surface area contributed by atoms with Gasteiger partial charge in [-0.25, -0.2) is 13.1 Å². The first-order chi connectivity index (χ1) is 13.0. The summed E-state index contributed by atoms with van der Waals surface area (Å²) in [4.78, 5) is 2.54. The standard InChI is InChI=1S/C20H26N2O4S/c1-25-16-9-11-17(12-10-16)27(23,24)21-15-19(22-13-5-6-14-22)18-7-3-4-8-20(18)26-2/h3-4,7-12,19,21H,5-6,13-15H2,1-2H3/t19-/m1/s1. The quantitative estimate of drug-likeness (QED) is 0.751. The van der Waals surface area contributed by atoms with Gasteiger partial charge in [-0.1, -0.05) is 18.2 Å². The van der Waals surface area contributed by atoms with Crippen LogP contribution >= 0.6 is 0 Å². The number of benzene rings is 2. The second-order valence-corrected chi connectivity index (χ2v) is 8.30. The molecule has 0 aromatic heterocycles. The third kappa shape index (κ3) is 4.61. The first-order valence-electron chi connectivity index (χ1n) is 9.06. The minimum atomic E-state index is -3.61. The van der Waals surface area contributed by atoms with Crippen molar-refractivity contribution in [3.8, 4) is 11.5 Å². The van der Waals surface area contributed by atoms with Crippen molar-refractivity contribution < 1.29 is 17.9 Å². The fraction of sp³-hybridized carbons (Fsp3) is 0.400. The third-order valence-corrected chi connectivity index (χ3v) is 6.36. The van der Waals surface area contributed by atoms with E-state index in [1.54, 1.807) is 38.5 Å². The second-order valence-electron chi connectivity index (χ2n) is 6.53. The van der Waals surface area contributed by atoms with E-state index in [-0.39, 0.29) is 17.5 Å². The smallest absolute Gasteiger partial charge is 0.240 e. The van der Waals surface area contributed by atoms with Gasteiger partial charge in [-0.2, -0.15) is 0 Å². The van der Waals surface area contributed by atoms with Crippen LogP contribution in [0.1, 0.15) is 24.4 Å². The summed E-state index contributed by atoms with van der Waals surface area (Å²) in [5.74, 6) is 1.40. The molecule has 1 heterocycles. The van der Waals surface area contributed by atoms with E-state index in [4.69, 9.17) is 9.47 Å². The topological polar surface area (TPSA) is 67.9 Å². The lowest BCUT2D eigenvalue weighted by molar-refractivity contribution is 0.240. The molecule has 3 rings (SSSR count). The minimum Gasteiger partial charge on any atom is -0.497 e. The lowest BCUT2D eigenvalue weighted by Gasteiger charge is -2.29. The molecule has 146 valence electrons. The Bertz CT molecular complexity index is 847. The van der Waals surface area contributed by atoms with Crippen LogP contribution in [0.25, 0.3) is 0 Å². The predicted octanol–water partition coefficient (Wildman–Crippen LogP) is 2.82. The molecule has 1 N–H and O–H groups in total. The molecule has 6 nitrogen and oxygen atoms in total. The van der Waals surface area contributed by atoms with Crippen molar-refractivity contribution in [2.75, 3.05) is 33.9 Å². The first kappa shape index (κ1) is 19.7. The summed E-state index contributed by atoms with van der Waals surface area (Å²) in [6.45, 7) is 2.19. The molecular formula is C20H26N2O4S. The Morgan fingerprint density at radius 3 is 2.30 bits per heavy atom. The third-order valence-electron chi connectivity index (χ3n) is 4.92. The Hall–Kier alpha value is -2.09. The first-order valence-corrected chi connectivity index (χ1v) is 10.5. The van der Waals surface area contributed by atoms with Crippen LogP contribution < -0.4 is 14.2 Å². The molecule has 1 atom stereocenters. The van der Waals surface area contributed by atoms with Crippen molar-refractivity contribution in [2.45, 2.75) is 23.8 Å². The monoisotopic (exact) mass is 390 g/mol. The summed E-state index contributed by atoms with van der Waals surface area (Å²) in [5, 5.41) is 0. The Balaban J connectivity index is 1.81. The molecule has 1 aliphatic heterocycles. The van der Waals surface area contributed by atoms with Crippen LogP contribution in [-0.2, 0) is 10.0 Å². The van der Waals surface area contributed by atoms with Crippen LogP contribution in [0, 0.1) is 0 Å². The average Bonchev–Trinajstić information content (AvgIpc) is 3.23. The molecule has 2 aromatic rings. The van der Waals surface area contributed by atoms with Gasteiger partial charge in [-0.3, -0.25) is 4.90 Å². The molecule has 0 spiro atoms. The molecular weight excluding hydrogens is 364 g/mol. The zero-order valence-corrected chi connectivity index (χ0v) is 16.5. The van der Waals surface area contributed by atoms with Gasteiger partial charge >= 0.3 is 0 Å². The van der Waals surface area contributed by atoms with E-state index in [0.29, 0.717) is 5.75 Å². The molecule has 0 bridgehead atoms. The van der Waals surface area contributed by atoms with Gasteiger partial charge in [-0.15, -0.1) is 0 Å². The van der Waals surface area contributed by atoms with Crippen LogP contribution in [0.3, 0.4) is 0 Å². The Morgan fingerprint density at radius 2 is 1.67 bits per heavy atom. The van der Waals surface area contributed by atoms with E-state index >= 15 is 0 Å². The largest absolute Gasteiger partial charge is 0.497 e. The predicted molar refractivity (Wildman–Crippen MR) is 105 cm³/mol. The fourth-order valence-corrected chi connectivity index (χ4v) is 4.50. The number of ether oxygens (including phenoxy) is 2. The molecule has 0 unspecified atom stereocenters. The second kappa shape index (κ2) is 8.73. The maximum absolute atomic E-state index is 12.7. The highest BCUT2D eigenvalue weighted by Crippen LogP contribution is 2.31. The fourth-order valence-electron chi connectivity index (χ4n) is 3.46. The molecule has 0 amide bonds. The van der Waals surface area contributed by atoms with Crippen LogP contribution in [0.5, 0.6) is 11.5 Å². The van der Waals surface area contributed by atoms with E-state index in [1.165, 1.54) is 0 Å². The molecule has 1 aliphatic rings. The van der Waals surface area contributed by atoms with Crippen LogP contribution in [0.4, 0.5) is 0 Å². The number of rotatable bonds is 8. The number of methoxy groups -OCH3 is 2. The van der Waals surface area contributed by atoms with E-state index in [9.17, 15) is 8.42 Å². The number of hydrogen-bond donors (Lipinski definition) is 1.